The van der Waals surface area contributed by atoms with Crippen molar-refractivity contribution in [3.63, 3.8) is 0 Å². The first kappa shape index (κ1) is 29.5. The van der Waals surface area contributed by atoms with Gasteiger partial charge in [0.1, 0.15) is 12.3 Å². The van der Waals surface area contributed by atoms with E-state index in [1.165, 1.54) is 5.56 Å². The molecule has 1 heterocycles. The Morgan fingerprint density at radius 2 is 1.68 bits per heavy atom. The molecule has 0 saturated heterocycles. The predicted octanol–water partition coefficient (Wildman–Crippen LogP) is 6.62. The molecule has 2 aromatic carbocycles. The lowest BCUT2D eigenvalue weighted by atomic mass is 10.1. The average Bonchev–Trinajstić information content (AvgIpc) is 3.35. The number of carbonyl (C=O) groups excluding carboxylic acids is 2. The molecule has 7 heteroatoms. The number of hydrogen-bond acceptors (Lipinski definition) is 3. The summed E-state index contributed by atoms with van der Waals surface area (Å²) in [6.07, 6.45) is 4.80. The van der Waals surface area contributed by atoms with Crippen molar-refractivity contribution in [2.24, 2.45) is 5.92 Å². The Balaban J connectivity index is 1.76. The fourth-order valence-corrected chi connectivity index (χ4v) is 4.48. The van der Waals surface area contributed by atoms with Crippen LogP contribution in [0.1, 0.15) is 61.6 Å². The van der Waals surface area contributed by atoms with Crippen molar-refractivity contribution in [1.82, 2.24) is 14.4 Å². The maximum Gasteiger partial charge on any atom is 0.254 e. The summed E-state index contributed by atoms with van der Waals surface area (Å²) in [5.74, 6) is 0.966. The predicted molar refractivity (Wildman–Crippen MR) is 156 cm³/mol. The Kier molecular flexibility index (Phi) is 11.5. The van der Waals surface area contributed by atoms with E-state index in [4.69, 9.17) is 4.74 Å². The zero-order valence-electron chi connectivity index (χ0n) is 23.0. The van der Waals surface area contributed by atoms with E-state index in [0.717, 1.165) is 36.0 Å². The van der Waals surface area contributed by atoms with Gasteiger partial charge in [-0.25, -0.2) is 0 Å². The van der Waals surface area contributed by atoms with Gasteiger partial charge in [0.25, 0.3) is 5.91 Å². The number of benzene rings is 2. The molecule has 0 aliphatic carbocycles. The van der Waals surface area contributed by atoms with Gasteiger partial charge in [-0.05, 0) is 72.9 Å². The van der Waals surface area contributed by atoms with Crippen molar-refractivity contribution in [3.05, 3.63) is 88.2 Å². The molecular weight excluding hydrogens is 542 g/mol. The van der Waals surface area contributed by atoms with Gasteiger partial charge in [-0.2, -0.15) is 0 Å². The fourth-order valence-electron chi connectivity index (χ4n) is 4.22. The van der Waals surface area contributed by atoms with Gasteiger partial charge in [-0.3, -0.25) is 9.59 Å². The van der Waals surface area contributed by atoms with Crippen molar-refractivity contribution in [2.75, 3.05) is 26.7 Å². The SMILES string of the molecule is CCCCN(Cc1cccn1Cc1ccc(Br)cc1)C(=O)CN(CCC(C)C)C(=O)c1ccc(OC)cc1. The van der Waals surface area contributed by atoms with Crippen LogP contribution in [0, 0.1) is 5.92 Å². The molecule has 0 N–H and O–H groups in total. The number of nitrogens with zero attached hydrogens (tertiary/aromatic N) is 3. The highest BCUT2D eigenvalue weighted by Crippen LogP contribution is 2.17. The van der Waals surface area contributed by atoms with E-state index in [-0.39, 0.29) is 18.4 Å². The number of amides is 2. The lowest BCUT2D eigenvalue weighted by Gasteiger charge is -2.29. The summed E-state index contributed by atoms with van der Waals surface area (Å²) >= 11 is 3.50. The van der Waals surface area contributed by atoms with Gasteiger partial charge in [0.15, 0.2) is 0 Å². The van der Waals surface area contributed by atoms with Crippen molar-refractivity contribution in [2.45, 2.75) is 53.1 Å². The van der Waals surface area contributed by atoms with Crippen molar-refractivity contribution in [3.8, 4) is 5.75 Å². The second-order valence-electron chi connectivity index (χ2n) is 10.1. The van der Waals surface area contributed by atoms with Crippen LogP contribution in [0.15, 0.2) is 71.3 Å². The van der Waals surface area contributed by atoms with E-state index in [1.807, 2.05) is 23.1 Å². The van der Waals surface area contributed by atoms with Gasteiger partial charge in [-0.15, -0.1) is 0 Å². The van der Waals surface area contributed by atoms with Crippen LogP contribution in [0.25, 0.3) is 0 Å². The summed E-state index contributed by atoms with van der Waals surface area (Å²) in [6.45, 7) is 8.90. The van der Waals surface area contributed by atoms with Crippen LogP contribution < -0.4 is 4.74 Å². The van der Waals surface area contributed by atoms with Crippen molar-refractivity contribution in [1.29, 1.82) is 0 Å². The zero-order valence-corrected chi connectivity index (χ0v) is 24.6. The number of ether oxygens (including phenoxy) is 1. The number of rotatable bonds is 14. The van der Waals surface area contributed by atoms with Gasteiger partial charge < -0.3 is 19.1 Å². The summed E-state index contributed by atoms with van der Waals surface area (Å²) in [7, 11) is 1.60. The third kappa shape index (κ3) is 8.76. The Labute approximate surface area is 235 Å². The average molecular weight is 583 g/mol. The maximum absolute atomic E-state index is 13.7. The molecule has 0 atom stereocenters. The molecule has 0 aliphatic heterocycles. The lowest BCUT2D eigenvalue weighted by Crippen LogP contribution is -2.44. The van der Waals surface area contributed by atoms with Gasteiger partial charge in [0.05, 0.1) is 13.7 Å². The number of carbonyl (C=O) groups is 2. The summed E-state index contributed by atoms with van der Waals surface area (Å²) in [5.41, 5.74) is 2.83. The molecule has 38 heavy (non-hydrogen) atoms. The van der Waals surface area contributed by atoms with Gasteiger partial charge in [0.2, 0.25) is 5.91 Å². The third-order valence-electron chi connectivity index (χ3n) is 6.60. The van der Waals surface area contributed by atoms with E-state index in [2.05, 4.69) is 65.7 Å². The van der Waals surface area contributed by atoms with E-state index in [0.29, 0.717) is 36.9 Å². The largest absolute Gasteiger partial charge is 0.497 e. The molecule has 0 spiro atoms. The molecule has 1 aromatic heterocycles. The highest BCUT2D eigenvalue weighted by atomic mass is 79.9. The van der Waals surface area contributed by atoms with Gasteiger partial charge in [0, 0.05) is 41.6 Å². The first-order valence-electron chi connectivity index (χ1n) is 13.4. The topological polar surface area (TPSA) is 54.8 Å². The molecule has 0 aliphatic rings. The van der Waals surface area contributed by atoms with E-state index < -0.39 is 0 Å². The van der Waals surface area contributed by atoms with E-state index in [9.17, 15) is 9.59 Å². The quantitative estimate of drug-likeness (QED) is 0.215. The van der Waals surface area contributed by atoms with E-state index in [1.54, 1.807) is 36.3 Å². The summed E-state index contributed by atoms with van der Waals surface area (Å²) in [6, 6.07) is 19.5. The minimum absolute atomic E-state index is 0.0274. The Bertz CT molecular complexity index is 1160. The third-order valence-corrected chi connectivity index (χ3v) is 7.13. The van der Waals surface area contributed by atoms with Crippen LogP contribution in [-0.4, -0.2) is 52.9 Å². The van der Waals surface area contributed by atoms with Gasteiger partial charge in [-0.1, -0.05) is 55.3 Å². The number of methoxy groups -OCH3 is 1. The van der Waals surface area contributed by atoms with Crippen LogP contribution >= 0.6 is 15.9 Å². The molecule has 0 bridgehead atoms. The number of hydrogen-bond donors (Lipinski definition) is 0. The molecule has 0 unspecified atom stereocenters. The Morgan fingerprint density at radius 3 is 2.32 bits per heavy atom. The van der Waals surface area contributed by atoms with Crippen LogP contribution in [0.3, 0.4) is 0 Å². The molecule has 6 nitrogen and oxygen atoms in total. The van der Waals surface area contributed by atoms with E-state index >= 15 is 0 Å². The molecule has 0 fully saturated rings. The molecule has 3 rings (SSSR count). The monoisotopic (exact) mass is 581 g/mol. The Hall–Kier alpha value is -3.06. The molecule has 0 saturated carbocycles. The molecule has 2 amide bonds. The standard InChI is InChI=1S/C31H40BrN3O3/c1-5-6-18-34(22-28-8-7-19-33(28)21-25-9-13-27(32)14-10-25)30(36)23-35(20-17-24(2)3)31(37)26-11-15-29(38-4)16-12-26/h7-16,19,24H,5-6,17-18,20-23H2,1-4H3. The summed E-state index contributed by atoms with van der Waals surface area (Å²) < 4.78 is 8.48. The van der Waals surface area contributed by atoms with Gasteiger partial charge >= 0.3 is 0 Å². The minimum Gasteiger partial charge on any atom is -0.497 e. The Morgan fingerprint density at radius 1 is 0.974 bits per heavy atom. The highest BCUT2D eigenvalue weighted by molar-refractivity contribution is 9.10. The van der Waals surface area contributed by atoms with Crippen molar-refractivity contribution < 1.29 is 14.3 Å². The molecule has 204 valence electrons. The van der Waals surface area contributed by atoms with Crippen LogP contribution in [-0.2, 0) is 17.9 Å². The maximum atomic E-state index is 13.7. The molecule has 0 radical (unpaired) electrons. The second kappa shape index (κ2) is 14.8. The van der Waals surface area contributed by atoms with Crippen LogP contribution in [0.5, 0.6) is 5.75 Å². The minimum atomic E-state index is -0.129. The van der Waals surface area contributed by atoms with Crippen LogP contribution in [0.4, 0.5) is 0 Å². The fraction of sp³-hybridized carbons (Fsp3) is 0.419. The van der Waals surface area contributed by atoms with Crippen LogP contribution in [0.2, 0.25) is 0 Å². The highest BCUT2D eigenvalue weighted by Gasteiger charge is 2.23. The van der Waals surface area contributed by atoms with Crippen molar-refractivity contribution >= 4 is 27.7 Å². The normalized spacial score (nSPS) is 11.0. The first-order valence-corrected chi connectivity index (χ1v) is 14.2. The number of halogens is 1. The lowest BCUT2D eigenvalue weighted by molar-refractivity contribution is -0.132. The summed E-state index contributed by atoms with van der Waals surface area (Å²) in [4.78, 5) is 30.7. The molecule has 3 aromatic rings. The zero-order chi connectivity index (χ0) is 27.5. The first-order chi connectivity index (χ1) is 18.3. The number of aromatic nitrogens is 1. The summed E-state index contributed by atoms with van der Waals surface area (Å²) in [5, 5.41) is 0. The smallest absolute Gasteiger partial charge is 0.254 e. The second-order valence-corrected chi connectivity index (χ2v) is 11.0. The number of unbranched alkanes of at least 4 members (excludes halogenated alkanes) is 1. The molecular formula is C31H40BrN3O3.